The second-order valence-corrected chi connectivity index (χ2v) is 5.35. The molecule has 1 saturated heterocycles. The van der Waals surface area contributed by atoms with E-state index < -0.39 is 0 Å². The maximum Gasteiger partial charge on any atom is 0.242 e. The zero-order chi connectivity index (χ0) is 11.0. The third kappa shape index (κ3) is 2.33. The lowest BCUT2D eigenvalue weighted by molar-refractivity contribution is -0.136. The zero-order valence-electron chi connectivity index (χ0n) is 8.70. The SMILES string of the molecule is CC(C(=O)NC1CC1)N1CCC(Br)C1=O. The third-order valence-electron chi connectivity index (χ3n) is 2.95. The number of halogens is 1. The van der Waals surface area contributed by atoms with Crippen LogP contribution in [0, 0.1) is 0 Å². The second kappa shape index (κ2) is 4.12. The molecule has 1 N–H and O–H groups in total. The van der Waals surface area contributed by atoms with Crippen molar-refractivity contribution in [2.24, 2.45) is 0 Å². The maximum absolute atomic E-state index is 11.7. The number of nitrogens with zero attached hydrogens (tertiary/aromatic N) is 1. The Bertz CT molecular complexity index is 291. The summed E-state index contributed by atoms with van der Waals surface area (Å²) in [5.74, 6) is 0.0147. The molecule has 2 fully saturated rings. The van der Waals surface area contributed by atoms with Crippen LogP contribution in [0.2, 0.25) is 0 Å². The van der Waals surface area contributed by atoms with Crippen molar-refractivity contribution in [1.29, 1.82) is 0 Å². The van der Waals surface area contributed by atoms with Crippen molar-refractivity contribution in [1.82, 2.24) is 10.2 Å². The fraction of sp³-hybridized carbons (Fsp3) is 0.800. The predicted octanol–water partition coefficient (Wildman–Crippen LogP) is 0.649. The number of carbonyl (C=O) groups excluding carboxylic acids is 2. The quantitative estimate of drug-likeness (QED) is 0.769. The molecular formula is C10H15BrN2O2. The van der Waals surface area contributed by atoms with E-state index in [1.165, 1.54) is 0 Å². The average molecular weight is 275 g/mol. The van der Waals surface area contributed by atoms with Gasteiger partial charge in [-0.2, -0.15) is 0 Å². The minimum Gasteiger partial charge on any atom is -0.352 e. The molecule has 4 nitrogen and oxygen atoms in total. The number of hydrogen-bond donors (Lipinski definition) is 1. The monoisotopic (exact) mass is 274 g/mol. The Kier molecular flexibility index (Phi) is 3.00. The minimum absolute atomic E-state index is 0.0209. The molecule has 84 valence electrons. The summed E-state index contributed by atoms with van der Waals surface area (Å²) in [6, 6.07) is 0.0260. The van der Waals surface area contributed by atoms with Gasteiger partial charge in [0.25, 0.3) is 0 Å². The number of likely N-dealkylation sites (tertiary alicyclic amines) is 1. The Labute approximate surface area is 97.5 Å². The van der Waals surface area contributed by atoms with E-state index in [4.69, 9.17) is 0 Å². The van der Waals surface area contributed by atoms with Crippen molar-refractivity contribution in [3.63, 3.8) is 0 Å². The number of amides is 2. The molecule has 2 atom stereocenters. The van der Waals surface area contributed by atoms with E-state index >= 15 is 0 Å². The van der Waals surface area contributed by atoms with Crippen LogP contribution in [0.5, 0.6) is 0 Å². The Balaban J connectivity index is 1.91. The first-order chi connectivity index (χ1) is 7.09. The first kappa shape index (κ1) is 10.9. The van der Waals surface area contributed by atoms with Crippen molar-refractivity contribution < 1.29 is 9.59 Å². The fourth-order valence-corrected chi connectivity index (χ4v) is 2.21. The fourth-order valence-electron chi connectivity index (χ4n) is 1.74. The molecular weight excluding hydrogens is 260 g/mol. The molecule has 2 amide bonds. The van der Waals surface area contributed by atoms with Gasteiger partial charge in [-0.15, -0.1) is 0 Å². The topological polar surface area (TPSA) is 49.4 Å². The van der Waals surface area contributed by atoms with Gasteiger partial charge in [0.05, 0.1) is 4.83 Å². The van der Waals surface area contributed by atoms with Crippen LogP contribution >= 0.6 is 15.9 Å². The van der Waals surface area contributed by atoms with Crippen LogP contribution in [-0.2, 0) is 9.59 Å². The Morgan fingerprint density at radius 1 is 1.53 bits per heavy atom. The molecule has 0 aromatic heterocycles. The lowest BCUT2D eigenvalue weighted by Gasteiger charge is -2.23. The molecule has 5 heteroatoms. The van der Waals surface area contributed by atoms with Gasteiger partial charge >= 0.3 is 0 Å². The molecule has 15 heavy (non-hydrogen) atoms. The summed E-state index contributed by atoms with van der Waals surface area (Å²) in [7, 11) is 0. The normalized spacial score (nSPS) is 28.0. The Morgan fingerprint density at radius 2 is 2.20 bits per heavy atom. The number of hydrogen-bond acceptors (Lipinski definition) is 2. The van der Waals surface area contributed by atoms with E-state index in [1.54, 1.807) is 11.8 Å². The van der Waals surface area contributed by atoms with Gasteiger partial charge in [0.2, 0.25) is 11.8 Å². The van der Waals surface area contributed by atoms with Crippen LogP contribution in [-0.4, -0.2) is 40.2 Å². The molecule has 1 aliphatic heterocycles. The standard InChI is InChI=1S/C10H15BrN2O2/c1-6(9(14)12-7-2-3-7)13-5-4-8(11)10(13)15/h6-8H,2-5H2,1H3,(H,12,14). The minimum atomic E-state index is -0.333. The summed E-state index contributed by atoms with van der Waals surface area (Å²) in [5.41, 5.74) is 0. The van der Waals surface area contributed by atoms with E-state index in [0.29, 0.717) is 12.6 Å². The first-order valence-corrected chi connectivity index (χ1v) is 6.26. The van der Waals surface area contributed by atoms with E-state index in [9.17, 15) is 9.59 Å². The van der Waals surface area contributed by atoms with Crippen LogP contribution in [0.15, 0.2) is 0 Å². The van der Waals surface area contributed by atoms with Gasteiger partial charge in [0.1, 0.15) is 6.04 Å². The first-order valence-electron chi connectivity index (χ1n) is 5.34. The van der Waals surface area contributed by atoms with Gasteiger partial charge in [0, 0.05) is 12.6 Å². The summed E-state index contributed by atoms with van der Waals surface area (Å²) in [6.07, 6.45) is 2.95. The summed E-state index contributed by atoms with van der Waals surface area (Å²) in [4.78, 5) is 24.9. The van der Waals surface area contributed by atoms with Crippen molar-refractivity contribution in [2.75, 3.05) is 6.54 Å². The number of rotatable bonds is 3. The van der Waals surface area contributed by atoms with E-state index in [0.717, 1.165) is 19.3 Å². The highest BCUT2D eigenvalue weighted by atomic mass is 79.9. The number of carbonyl (C=O) groups is 2. The van der Waals surface area contributed by atoms with Crippen molar-refractivity contribution >= 4 is 27.7 Å². The number of alkyl halides is 1. The van der Waals surface area contributed by atoms with Crippen molar-refractivity contribution in [3.8, 4) is 0 Å². The highest BCUT2D eigenvalue weighted by molar-refractivity contribution is 9.10. The molecule has 0 radical (unpaired) electrons. The molecule has 0 aromatic rings. The van der Waals surface area contributed by atoms with E-state index in [1.807, 2.05) is 0 Å². The smallest absolute Gasteiger partial charge is 0.242 e. The molecule has 0 aromatic carbocycles. The average Bonchev–Trinajstić information content (AvgIpc) is 2.95. The Hall–Kier alpha value is -0.580. The molecule has 0 spiro atoms. The molecule has 1 heterocycles. The molecule has 2 aliphatic rings. The van der Waals surface area contributed by atoms with Gasteiger partial charge in [-0.25, -0.2) is 0 Å². The van der Waals surface area contributed by atoms with Crippen molar-refractivity contribution in [3.05, 3.63) is 0 Å². The molecule has 1 saturated carbocycles. The van der Waals surface area contributed by atoms with Crippen LogP contribution in [0.1, 0.15) is 26.2 Å². The van der Waals surface area contributed by atoms with Crippen molar-refractivity contribution in [2.45, 2.75) is 43.1 Å². The van der Waals surface area contributed by atoms with Gasteiger partial charge in [-0.3, -0.25) is 9.59 Å². The van der Waals surface area contributed by atoms with E-state index in [-0.39, 0.29) is 22.7 Å². The van der Waals surface area contributed by atoms with Crippen LogP contribution in [0.25, 0.3) is 0 Å². The third-order valence-corrected chi connectivity index (χ3v) is 3.79. The lowest BCUT2D eigenvalue weighted by Crippen LogP contribution is -2.47. The highest BCUT2D eigenvalue weighted by Crippen LogP contribution is 2.22. The highest BCUT2D eigenvalue weighted by Gasteiger charge is 2.36. The number of nitrogens with one attached hydrogen (secondary N) is 1. The lowest BCUT2D eigenvalue weighted by atomic mass is 10.2. The molecule has 0 bridgehead atoms. The summed E-state index contributed by atoms with van der Waals surface area (Å²) >= 11 is 3.30. The largest absolute Gasteiger partial charge is 0.352 e. The molecule has 2 unspecified atom stereocenters. The van der Waals surface area contributed by atoms with Crippen LogP contribution in [0.3, 0.4) is 0 Å². The molecule has 2 rings (SSSR count). The van der Waals surface area contributed by atoms with Gasteiger partial charge in [-0.05, 0) is 26.2 Å². The van der Waals surface area contributed by atoms with Crippen LogP contribution in [0.4, 0.5) is 0 Å². The second-order valence-electron chi connectivity index (χ2n) is 4.25. The predicted molar refractivity (Wildman–Crippen MR) is 59.7 cm³/mol. The van der Waals surface area contributed by atoms with E-state index in [2.05, 4.69) is 21.2 Å². The zero-order valence-corrected chi connectivity index (χ0v) is 10.3. The molecule has 1 aliphatic carbocycles. The van der Waals surface area contributed by atoms with Crippen LogP contribution < -0.4 is 5.32 Å². The summed E-state index contributed by atoms with van der Waals surface area (Å²) in [6.45, 7) is 2.47. The van der Waals surface area contributed by atoms with Gasteiger partial charge in [-0.1, -0.05) is 15.9 Å². The Morgan fingerprint density at radius 3 is 2.67 bits per heavy atom. The summed E-state index contributed by atoms with van der Waals surface area (Å²) in [5, 5.41) is 2.92. The summed E-state index contributed by atoms with van der Waals surface area (Å²) < 4.78 is 0. The maximum atomic E-state index is 11.7. The van der Waals surface area contributed by atoms with Gasteiger partial charge in [0.15, 0.2) is 0 Å². The van der Waals surface area contributed by atoms with Gasteiger partial charge < -0.3 is 10.2 Å².